The minimum absolute atomic E-state index is 0.160. The zero-order chi connectivity index (χ0) is 11.8. The number of likely N-dealkylation sites (N-methyl/N-ethyl adjacent to an activating group) is 1. The van der Waals surface area contributed by atoms with Gasteiger partial charge in [0.1, 0.15) is 0 Å². The van der Waals surface area contributed by atoms with Crippen molar-refractivity contribution in [1.29, 1.82) is 0 Å². The lowest BCUT2D eigenvalue weighted by Crippen LogP contribution is -2.28. The third-order valence-electron chi connectivity index (χ3n) is 2.22. The van der Waals surface area contributed by atoms with Crippen LogP contribution < -0.4 is 0 Å². The molecule has 0 radical (unpaired) electrons. The Morgan fingerprint density at radius 2 is 2.38 bits per heavy atom. The summed E-state index contributed by atoms with van der Waals surface area (Å²) >= 11 is 0. The smallest absolute Gasteiger partial charge is 0.320 e. The van der Waals surface area contributed by atoms with Gasteiger partial charge in [-0.25, -0.2) is 4.98 Å². The zero-order valence-electron chi connectivity index (χ0n) is 9.93. The summed E-state index contributed by atoms with van der Waals surface area (Å²) in [5.41, 5.74) is 0. The molecule has 0 unspecified atom stereocenters. The van der Waals surface area contributed by atoms with Crippen molar-refractivity contribution in [3.8, 4) is 0 Å². The summed E-state index contributed by atoms with van der Waals surface area (Å²) in [6, 6.07) is 0. The predicted molar refractivity (Wildman–Crippen MR) is 61.0 cm³/mol. The maximum atomic E-state index is 11.2. The van der Waals surface area contributed by atoms with Gasteiger partial charge in [0.2, 0.25) is 0 Å². The van der Waals surface area contributed by atoms with E-state index in [9.17, 15) is 4.79 Å². The number of aromatic nitrogens is 2. The van der Waals surface area contributed by atoms with Crippen LogP contribution >= 0.6 is 0 Å². The van der Waals surface area contributed by atoms with Crippen molar-refractivity contribution in [3.05, 3.63) is 18.7 Å². The van der Waals surface area contributed by atoms with Crippen LogP contribution in [0.15, 0.2) is 18.7 Å². The van der Waals surface area contributed by atoms with Crippen LogP contribution in [0.5, 0.6) is 0 Å². The van der Waals surface area contributed by atoms with E-state index < -0.39 is 0 Å². The van der Waals surface area contributed by atoms with Crippen LogP contribution in [0.4, 0.5) is 0 Å². The number of ether oxygens (including phenoxy) is 1. The topological polar surface area (TPSA) is 47.4 Å². The van der Waals surface area contributed by atoms with Crippen molar-refractivity contribution in [1.82, 2.24) is 14.5 Å². The lowest BCUT2D eigenvalue weighted by atomic mass is 10.4. The Bertz CT molecular complexity index is 298. The molecule has 0 aliphatic carbocycles. The fourth-order valence-corrected chi connectivity index (χ4v) is 1.45. The monoisotopic (exact) mass is 225 g/mol. The molecule has 0 aliphatic rings. The highest BCUT2D eigenvalue weighted by molar-refractivity contribution is 5.71. The summed E-state index contributed by atoms with van der Waals surface area (Å²) in [4.78, 5) is 17.1. The molecule has 0 N–H and O–H groups in total. The predicted octanol–water partition coefficient (Wildman–Crippen LogP) is 0.768. The molecule has 1 aromatic heterocycles. The molecule has 0 saturated heterocycles. The SMILES string of the molecule is CCOC(=O)CN(C)CCCn1ccnc1. The molecule has 0 amide bonds. The standard InChI is InChI=1S/C11H19N3O2/c1-3-16-11(15)9-13(2)6-4-7-14-8-5-12-10-14/h5,8,10H,3-4,6-7,9H2,1-2H3. The minimum Gasteiger partial charge on any atom is -0.465 e. The van der Waals surface area contributed by atoms with E-state index in [1.807, 2.05) is 29.6 Å². The lowest BCUT2D eigenvalue weighted by Gasteiger charge is -2.15. The normalized spacial score (nSPS) is 10.7. The first-order valence-electron chi connectivity index (χ1n) is 5.52. The Kier molecular flexibility index (Phi) is 5.56. The average Bonchev–Trinajstić information content (AvgIpc) is 2.70. The molecule has 90 valence electrons. The van der Waals surface area contributed by atoms with E-state index in [4.69, 9.17) is 4.74 Å². The first-order valence-corrected chi connectivity index (χ1v) is 5.52. The maximum Gasteiger partial charge on any atom is 0.320 e. The molecule has 0 aliphatic heterocycles. The van der Waals surface area contributed by atoms with Crippen LogP contribution in [0.2, 0.25) is 0 Å². The molecule has 5 heteroatoms. The molecule has 5 nitrogen and oxygen atoms in total. The van der Waals surface area contributed by atoms with E-state index in [2.05, 4.69) is 4.98 Å². The van der Waals surface area contributed by atoms with Gasteiger partial charge in [0.25, 0.3) is 0 Å². The van der Waals surface area contributed by atoms with E-state index in [1.54, 1.807) is 12.5 Å². The molecular weight excluding hydrogens is 206 g/mol. The summed E-state index contributed by atoms with van der Waals surface area (Å²) < 4.78 is 6.89. The first kappa shape index (κ1) is 12.7. The number of hydrogen-bond acceptors (Lipinski definition) is 4. The van der Waals surface area contributed by atoms with Crippen molar-refractivity contribution in [2.75, 3.05) is 26.7 Å². The summed E-state index contributed by atoms with van der Waals surface area (Å²) in [7, 11) is 1.92. The van der Waals surface area contributed by atoms with Crippen LogP contribution in [0.25, 0.3) is 0 Å². The van der Waals surface area contributed by atoms with Gasteiger partial charge < -0.3 is 9.30 Å². The summed E-state index contributed by atoms with van der Waals surface area (Å²) in [6.45, 7) is 4.42. The van der Waals surface area contributed by atoms with Crippen LogP contribution in [-0.4, -0.2) is 47.2 Å². The van der Waals surface area contributed by atoms with Crippen LogP contribution in [0.1, 0.15) is 13.3 Å². The van der Waals surface area contributed by atoms with E-state index in [0.717, 1.165) is 19.5 Å². The van der Waals surface area contributed by atoms with E-state index in [0.29, 0.717) is 13.2 Å². The van der Waals surface area contributed by atoms with Crippen molar-refractivity contribution < 1.29 is 9.53 Å². The van der Waals surface area contributed by atoms with Gasteiger partial charge in [-0.3, -0.25) is 9.69 Å². The van der Waals surface area contributed by atoms with Gasteiger partial charge in [-0.2, -0.15) is 0 Å². The highest BCUT2D eigenvalue weighted by Crippen LogP contribution is 1.94. The largest absolute Gasteiger partial charge is 0.465 e. The second-order valence-corrected chi connectivity index (χ2v) is 3.70. The molecule has 1 aromatic rings. The number of carbonyl (C=O) groups is 1. The molecule has 0 atom stereocenters. The number of aryl methyl sites for hydroxylation is 1. The molecule has 0 spiro atoms. The van der Waals surface area contributed by atoms with E-state index in [1.165, 1.54) is 0 Å². The highest BCUT2D eigenvalue weighted by Gasteiger charge is 2.06. The molecule has 0 aromatic carbocycles. The molecule has 0 fully saturated rings. The quantitative estimate of drug-likeness (QED) is 0.643. The molecule has 0 bridgehead atoms. The van der Waals surface area contributed by atoms with Gasteiger partial charge in [0.15, 0.2) is 0 Å². The van der Waals surface area contributed by atoms with Crippen molar-refractivity contribution in [2.45, 2.75) is 19.9 Å². The third kappa shape index (κ3) is 4.93. The number of nitrogens with zero attached hydrogens (tertiary/aromatic N) is 3. The van der Waals surface area contributed by atoms with Gasteiger partial charge in [-0.05, 0) is 20.4 Å². The number of rotatable bonds is 7. The van der Waals surface area contributed by atoms with Crippen LogP contribution in [0.3, 0.4) is 0 Å². The van der Waals surface area contributed by atoms with E-state index in [-0.39, 0.29) is 5.97 Å². The second-order valence-electron chi connectivity index (χ2n) is 3.70. The highest BCUT2D eigenvalue weighted by atomic mass is 16.5. The lowest BCUT2D eigenvalue weighted by molar-refractivity contribution is -0.144. The van der Waals surface area contributed by atoms with Crippen molar-refractivity contribution in [2.24, 2.45) is 0 Å². The third-order valence-corrected chi connectivity index (χ3v) is 2.22. The average molecular weight is 225 g/mol. The molecule has 1 rings (SSSR count). The van der Waals surface area contributed by atoms with Gasteiger partial charge in [0.05, 0.1) is 19.5 Å². The minimum atomic E-state index is -0.160. The fourth-order valence-electron chi connectivity index (χ4n) is 1.45. The number of hydrogen-bond donors (Lipinski definition) is 0. The molecule has 0 saturated carbocycles. The first-order chi connectivity index (χ1) is 7.72. The molecule has 16 heavy (non-hydrogen) atoms. The van der Waals surface area contributed by atoms with Gasteiger partial charge >= 0.3 is 5.97 Å². The number of esters is 1. The van der Waals surface area contributed by atoms with Gasteiger partial charge in [0, 0.05) is 25.5 Å². The maximum absolute atomic E-state index is 11.2. The molecule has 1 heterocycles. The van der Waals surface area contributed by atoms with Crippen LogP contribution in [-0.2, 0) is 16.1 Å². The Morgan fingerprint density at radius 1 is 1.56 bits per heavy atom. The number of imidazole rings is 1. The Morgan fingerprint density at radius 3 is 3.00 bits per heavy atom. The summed E-state index contributed by atoms with van der Waals surface area (Å²) in [6.07, 6.45) is 6.49. The Labute approximate surface area is 96.0 Å². The second kappa shape index (κ2) is 7.00. The van der Waals surface area contributed by atoms with Crippen molar-refractivity contribution >= 4 is 5.97 Å². The van der Waals surface area contributed by atoms with Crippen molar-refractivity contribution in [3.63, 3.8) is 0 Å². The Hall–Kier alpha value is -1.36. The van der Waals surface area contributed by atoms with Gasteiger partial charge in [-0.1, -0.05) is 0 Å². The summed E-state index contributed by atoms with van der Waals surface area (Å²) in [5.74, 6) is -0.160. The van der Waals surface area contributed by atoms with Gasteiger partial charge in [-0.15, -0.1) is 0 Å². The Balaban J connectivity index is 2.10. The zero-order valence-corrected chi connectivity index (χ0v) is 9.93. The summed E-state index contributed by atoms with van der Waals surface area (Å²) in [5, 5.41) is 0. The fraction of sp³-hybridized carbons (Fsp3) is 0.636. The molecular formula is C11H19N3O2. The van der Waals surface area contributed by atoms with E-state index >= 15 is 0 Å². The van der Waals surface area contributed by atoms with Crippen LogP contribution in [0, 0.1) is 0 Å². The number of carbonyl (C=O) groups excluding carboxylic acids is 1.